The maximum Gasteiger partial charge on any atom is 0.237 e. The highest BCUT2D eigenvalue weighted by molar-refractivity contribution is 8.24. The molecule has 4 heteroatoms. The summed E-state index contributed by atoms with van der Waals surface area (Å²) in [4.78, 5) is -0.731. The highest BCUT2D eigenvalue weighted by Gasteiger charge is 2.26. The van der Waals surface area contributed by atoms with E-state index in [9.17, 15) is 11.7 Å². The Bertz CT molecular complexity index is 235. The van der Waals surface area contributed by atoms with Crippen molar-refractivity contribution in [2.75, 3.05) is 0 Å². The van der Waals surface area contributed by atoms with Gasteiger partial charge in [-0.3, -0.25) is 0 Å². The lowest BCUT2D eigenvalue weighted by atomic mass is 10.2. The summed E-state index contributed by atoms with van der Waals surface area (Å²) in [5.41, 5.74) is 0.738. The molecule has 0 rings (SSSR count). The third-order valence-corrected chi connectivity index (χ3v) is 2.06. The first-order valence-corrected chi connectivity index (χ1v) is 4.54. The van der Waals surface area contributed by atoms with Crippen molar-refractivity contribution in [3.63, 3.8) is 0 Å². The third kappa shape index (κ3) is 3.67. The second-order valence-electron chi connectivity index (χ2n) is 2.50. The number of hydrogen-bond acceptors (Lipinski definition) is 0. The lowest BCUT2D eigenvalue weighted by Gasteiger charge is -2.13. The van der Waals surface area contributed by atoms with Gasteiger partial charge in [0.1, 0.15) is 0 Å². The van der Waals surface area contributed by atoms with Crippen LogP contribution in [0.5, 0.6) is 0 Å². The first-order valence-electron chi connectivity index (χ1n) is 3.20. The van der Waals surface area contributed by atoms with Crippen molar-refractivity contribution in [3.8, 4) is 0 Å². The van der Waals surface area contributed by atoms with Gasteiger partial charge >= 0.3 is 0 Å². The van der Waals surface area contributed by atoms with E-state index in [1.807, 2.05) is 0 Å². The quantitative estimate of drug-likeness (QED) is 0.584. The summed E-state index contributed by atoms with van der Waals surface area (Å²) in [5, 5.41) is 0. The molecule has 0 aromatic heterocycles. The van der Waals surface area contributed by atoms with Crippen molar-refractivity contribution in [2.24, 2.45) is 0 Å². The summed E-state index contributed by atoms with van der Waals surface area (Å²) in [6.07, 6.45) is 1.38. The SMILES string of the molecule is C=C(C)/C=C(/C)C(=C)S(F)(F)F. The maximum absolute atomic E-state index is 12.1. The average Bonchev–Trinajstić information content (AvgIpc) is 1.82. The van der Waals surface area contributed by atoms with Gasteiger partial charge in [0, 0.05) is 0 Å². The molecule has 0 aliphatic carbocycles. The number of rotatable bonds is 3. The van der Waals surface area contributed by atoms with Gasteiger partial charge in [-0.1, -0.05) is 24.8 Å². The van der Waals surface area contributed by atoms with Crippen molar-refractivity contribution in [1.82, 2.24) is 0 Å². The summed E-state index contributed by atoms with van der Waals surface area (Å²) < 4.78 is 36.2. The second-order valence-corrected chi connectivity index (χ2v) is 3.81. The summed E-state index contributed by atoms with van der Waals surface area (Å²) in [6, 6.07) is 0. The van der Waals surface area contributed by atoms with Crippen molar-refractivity contribution in [1.29, 1.82) is 0 Å². The Labute approximate surface area is 72.7 Å². The standard InChI is InChI=1S/C8H11F3S/c1-6(2)5-7(3)8(4)12(9,10)11/h5H,1,4H2,2-3H3/b7-5-. The number of allylic oxidation sites excluding steroid dienone is 3. The summed E-state index contributed by atoms with van der Waals surface area (Å²) in [6.45, 7) is 9.49. The summed E-state index contributed by atoms with van der Waals surface area (Å²) in [7, 11) is 0. The molecule has 0 aromatic carbocycles. The smallest absolute Gasteiger partial charge is 0.120 e. The van der Waals surface area contributed by atoms with Crippen LogP contribution in [-0.2, 0) is 0 Å². The van der Waals surface area contributed by atoms with Crippen molar-refractivity contribution in [3.05, 3.63) is 35.3 Å². The highest BCUT2D eigenvalue weighted by atomic mass is 32.3. The Balaban J connectivity index is 4.63. The molecule has 0 aliphatic rings. The van der Waals surface area contributed by atoms with E-state index in [-0.39, 0.29) is 5.57 Å². The third-order valence-electron chi connectivity index (χ3n) is 1.18. The fourth-order valence-corrected chi connectivity index (χ4v) is 1.06. The van der Waals surface area contributed by atoms with E-state index in [1.165, 1.54) is 13.0 Å². The molecule has 0 aliphatic heterocycles. The first-order chi connectivity index (χ1) is 5.25. The first kappa shape index (κ1) is 11.4. The van der Waals surface area contributed by atoms with Gasteiger partial charge in [-0.05, 0) is 19.4 Å². The zero-order valence-electron chi connectivity index (χ0n) is 7.03. The molecule has 70 valence electrons. The lowest BCUT2D eigenvalue weighted by Crippen LogP contribution is -1.85. The van der Waals surface area contributed by atoms with Gasteiger partial charge in [0.25, 0.3) is 0 Å². The topological polar surface area (TPSA) is 0 Å². The van der Waals surface area contributed by atoms with Crippen LogP contribution in [0, 0.1) is 0 Å². The molecule has 0 saturated heterocycles. The molecule has 12 heavy (non-hydrogen) atoms. The molecular weight excluding hydrogens is 185 g/mol. The molecule has 0 atom stereocenters. The minimum absolute atomic E-state index is 0.144. The van der Waals surface area contributed by atoms with Crippen LogP contribution in [0.15, 0.2) is 35.3 Å². The van der Waals surface area contributed by atoms with E-state index >= 15 is 0 Å². The Morgan fingerprint density at radius 2 is 1.58 bits per heavy atom. The van der Waals surface area contributed by atoms with Gasteiger partial charge in [-0.25, -0.2) is 0 Å². The zero-order valence-corrected chi connectivity index (χ0v) is 7.85. The molecule has 0 spiro atoms. The van der Waals surface area contributed by atoms with Gasteiger partial charge in [-0.15, -0.1) is 11.7 Å². The maximum atomic E-state index is 12.1. The normalized spacial score (nSPS) is 14.2. The van der Waals surface area contributed by atoms with Crippen LogP contribution in [0.25, 0.3) is 0 Å². The predicted molar refractivity (Wildman–Crippen MR) is 48.6 cm³/mol. The van der Waals surface area contributed by atoms with Crippen LogP contribution in [0.4, 0.5) is 11.7 Å². The van der Waals surface area contributed by atoms with Crippen LogP contribution in [0.3, 0.4) is 0 Å². The van der Waals surface area contributed by atoms with Crippen LogP contribution < -0.4 is 0 Å². The molecule has 0 radical (unpaired) electrons. The highest BCUT2D eigenvalue weighted by Crippen LogP contribution is 2.61. The van der Waals surface area contributed by atoms with E-state index in [0.717, 1.165) is 0 Å². The number of halogens is 3. The molecule has 0 saturated carbocycles. The van der Waals surface area contributed by atoms with Crippen LogP contribution in [0.1, 0.15) is 13.8 Å². The molecule has 0 N–H and O–H groups in total. The molecular formula is C8H11F3S. The van der Waals surface area contributed by atoms with Gasteiger partial charge in [0.2, 0.25) is 11.2 Å². The number of hydrogen-bond donors (Lipinski definition) is 0. The Morgan fingerprint density at radius 1 is 1.17 bits per heavy atom. The van der Waals surface area contributed by atoms with Gasteiger partial charge in [0.05, 0.1) is 4.91 Å². The van der Waals surface area contributed by atoms with E-state index in [1.54, 1.807) is 6.92 Å². The largest absolute Gasteiger partial charge is 0.237 e. The van der Waals surface area contributed by atoms with Gasteiger partial charge < -0.3 is 0 Å². The van der Waals surface area contributed by atoms with Gasteiger partial charge in [0.15, 0.2) is 0 Å². The van der Waals surface area contributed by atoms with Crippen LogP contribution >= 0.6 is 11.2 Å². The summed E-state index contributed by atoms with van der Waals surface area (Å²) >= 11 is -5.15. The monoisotopic (exact) mass is 196 g/mol. The zero-order chi connectivity index (χ0) is 9.94. The van der Waals surface area contributed by atoms with Crippen molar-refractivity contribution >= 4 is 11.2 Å². The van der Waals surface area contributed by atoms with E-state index < -0.39 is 16.1 Å². The fourth-order valence-electron chi connectivity index (χ4n) is 0.633. The van der Waals surface area contributed by atoms with E-state index in [4.69, 9.17) is 0 Å². The minimum atomic E-state index is -5.15. The molecule has 0 aromatic rings. The fraction of sp³-hybridized carbons (Fsp3) is 0.250. The summed E-state index contributed by atoms with van der Waals surface area (Å²) in [5.74, 6) is 0. The lowest BCUT2D eigenvalue weighted by molar-refractivity contribution is 0.648. The molecule has 0 nitrogen and oxygen atoms in total. The second kappa shape index (κ2) is 3.85. The average molecular weight is 196 g/mol. The molecule has 0 fully saturated rings. The Hall–Kier alpha value is -0.640. The van der Waals surface area contributed by atoms with Crippen molar-refractivity contribution < 1.29 is 11.7 Å². The van der Waals surface area contributed by atoms with Crippen LogP contribution in [-0.4, -0.2) is 0 Å². The van der Waals surface area contributed by atoms with Crippen molar-refractivity contribution in [2.45, 2.75) is 13.8 Å². The Morgan fingerprint density at radius 3 is 1.83 bits per heavy atom. The van der Waals surface area contributed by atoms with Gasteiger partial charge in [-0.2, -0.15) is 0 Å². The molecule has 0 bridgehead atoms. The predicted octanol–water partition coefficient (Wildman–Crippen LogP) is 4.48. The van der Waals surface area contributed by atoms with E-state index in [2.05, 4.69) is 13.2 Å². The minimum Gasteiger partial charge on any atom is -0.120 e. The molecule has 0 unspecified atom stereocenters. The van der Waals surface area contributed by atoms with E-state index in [0.29, 0.717) is 5.57 Å². The molecule has 0 amide bonds. The Kier molecular flexibility index (Phi) is 3.64. The van der Waals surface area contributed by atoms with Crippen LogP contribution in [0.2, 0.25) is 0 Å². The molecule has 0 heterocycles.